The summed E-state index contributed by atoms with van der Waals surface area (Å²) < 4.78 is 5.17. The molecule has 1 aliphatic rings. The summed E-state index contributed by atoms with van der Waals surface area (Å²) in [5.74, 6) is 2.55. The van der Waals surface area contributed by atoms with Gasteiger partial charge in [0.05, 0.1) is 12.2 Å². The fraction of sp³-hybridized carbons (Fsp3) is 0.733. The summed E-state index contributed by atoms with van der Waals surface area (Å²) >= 11 is 0. The normalized spacial score (nSPS) is 15.9. The van der Waals surface area contributed by atoms with Gasteiger partial charge in [-0.2, -0.15) is 0 Å². The van der Waals surface area contributed by atoms with Crippen molar-refractivity contribution in [3.05, 3.63) is 17.0 Å². The topological polar surface area (TPSA) is 62.5 Å². The minimum atomic E-state index is 0. The van der Waals surface area contributed by atoms with Crippen LogP contribution in [0.15, 0.2) is 9.52 Å². The van der Waals surface area contributed by atoms with E-state index in [1.807, 2.05) is 13.8 Å². The molecule has 0 radical (unpaired) electrons. The van der Waals surface area contributed by atoms with Crippen LogP contribution in [0.25, 0.3) is 0 Å². The van der Waals surface area contributed by atoms with Crippen LogP contribution in [0.4, 0.5) is 0 Å². The summed E-state index contributed by atoms with van der Waals surface area (Å²) in [6.07, 6.45) is 5.44. The Morgan fingerprint density at radius 2 is 2.00 bits per heavy atom. The first-order chi connectivity index (χ1) is 9.70. The molecule has 6 heteroatoms. The number of guanidine groups is 1. The molecular formula is C15H27IN4O. The van der Waals surface area contributed by atoms with Crippen molar-refractivity contribution in [3.8, 4) is 0 Å². The zero-order valence-electron chi connectivity index (χ0n) is 13.2. The van der Waals surface area contributed by atoms with Gasteiger partial charge in [0.1, 0.15) is 5.76 Å². The van der Waals surface area contributed by atoms with Crippen LogP contribution in [-0.4, -0.2) is 24.2 Å². The van der Waals surface area contributed by atoms with Crippen LogP contribution < -0.4 is 10.6 Å². The number of nitrogens with zero attached hydrogens (tertiary/aromatic N) is 2. The van der Waals surface area contributed by atoms with Gasteiger partial charge in [0.2, 0.25) is 0 Å². The summed E-state index contributed by atoms with van der Waals surface area (Å²) in [5, 5.41) is 10.7. The first-order valence-electron chi connectivity index (χ1n) is 7.64. The standard InChI is InChI=1S/C15H26N4O.HI/c1-4-16-15(17-9-13-7-5-6-8-13)18-10-14-11(2)19-20-12(14)3;/h13H,4-10H2,1-3H3,(H2,16,17,18);1H. The van der Waals surface area contributed by atoms with Gasteiger partial charge in [-0.25, -0.2) is 4.99 Å². The molecule has 1 aromatic heterocycles. The SMILES string of the molecule is CCNC(=NCc1c(C)noc1C)NCC1CCCC1.I. The summed E-state index contributed by atoms with van der Waals surface area (Å²) in [6, 6.07) is 0. The second-order valence-corrected chi connectivity index (χ2v) is 5.53. The Bertz CT molecular complexity index is 433. The van der Waals surface area contributed by atoms with Gasteiger partial charge in [-0.15, -0.1) is 24.0 Å². The Labute approximate surface area is 144 Å². The second kappa shape index (κ2) is 9.27. The highest BCUT2D eigenvalue weighted by molar-refractivity contribution is 14.0. The summed E-state index contributed by atoms with van der Waals surface area (Å²) in [6.45, 7) is 8.49. The molecule has 1 fully saturated rings. The van der Waals surface area contributed by atoms with Gasteiger partial charge in [0.15, 0.2) is 5.96 Å². The molecule has 0 aromatic carbocycles. The fourth-order valence-corrected chi connectivity index (χ4v) is 2.68. The van der Waals surface area contributed by atoms with E-state index in [1.165, 1.54) is 25.7 Å². The number of hydrogen-bond donors (Lipinski definition) is 2. The molecule has 21 heavy (non-hydrogen) atoms. The number of aryl methyl sites for hydroxylation is 2. The minimum Gasteiger partial charge on any atom is -0.361 e. The van der Waals surface area contributed by atoms with Gasteiger partial charge < -0.3 is 15.2 Å². The summed E-state index contributed by atoms with van der Waals surface area (Å²) in [5.41, 5.74) is 2.01. The van der Waals surface area contributed by atoms with E-state index in [2.05, 4.69) is 27.7 Å². The van der Waals surface area contributed by atoms with Gasteiger partial charge in [0.25, 0.3) is 0 Å². The number of nitrogens with one attached hydrogen (secondary N) is 2. The maximum absolute atomic E-state index is 5.17. The molecule has 2 rings (SSSR count). The molecule has 0 spiro atoms. The van der Waals surface area contributed by atoms with E-state index in [9.17, 15) is 0 Å². The van der Waals surface area contributed by atoms with Crippen LogP contribution in [0.1, 0.15) is 49.6 Å². The van der Waals surface area contributed by atoms with Gasteiger partial charge in [-0.05, 0) is 39.5 Å². The average molecular weight is 406 g/mol. The molecule has 0 saturated heterocycles. The van der Waals surface area contributed by atoms with Crippen LogP contribution >= 0.6 is 24.0 Å². The van der Waals surface area contributed by atoms with Crippen molar-refractivity contribution >= 4 is 29.9 Å². The quantitative estimate of drug-likeness (QED) is 0.448. The Balaban J connectivity index is 0.00000220. The lowest BCUT2D eigenvalue weighted by molar-refractivity contribution is 0.392. The Kier molecular flexibility index (Phi) is 8.06. The van der Waals surface area contributed by atoms with Crippen molar-refractivity contribution < 1.29 is 4.52 Å². The van der Waals surface area contributed by atoms with E-state index in [1.54, 1.807) is 0 Å². The third-order valence-corrected chi connectivity index (χ3v) is 3.95. The highest BCUT2D eigenvalue weighted by Gasteiger charge is 2.15. The van der Waals surface area contributed by atoms with Crippen molar-refractivity contribution in [3.63, 3.8) is 0 Å². The highest BCUT2D eigenvalue weighted by atomic mass is 127. The number of hydrogen-bond acceptors (Lipinski definition) is 3. The minimum absolute atomic E-state index is 0. The van der Waals surface area contributed by atoms with E-state index >= 15 is 0 Å². The predicted molar refractivity (Wildman–Crippen MR) is 96.2 cm³/mol. The zero-order valence-corrected chi connectivity index (χ0v) is 15.6. The first-order valence-corrected chi connectivity index (χ1v) is 7.64. The number of halogens is 1. The van der Waals surface area contributed by atoms with Crippen molar-refractivity contribution in [2.75, 3.05) is 13.1 Å². The molecule has 0 amide bonds. The molecule has 1 aromatic rings. The van der Waals surface area contributed by atoms with Crippen molar-refractivity contribution in [2.24, 2.45) is 10.9 Å². The molecule has 1 saturated carbocycles. The lowest BCUT2D eigenvalue weighted by atomic mass is 10.1. The van der Waals surface area contributed by atoms with Crippen LogP contribution in [0, 0.1) is 19.8 Å². The van der Waals surface area contributed by atoms with E-state index < -0.39 is 0 Å². The van der Waals surface area contributed by atoms with Crippen LogP contribution in [0.3, 0.4) is 0 Å². The molecule has 0 aliphatic heterocycles. The van der Waals surface area contributed by atoms with Gasteiger partial charge in [-0.3, -0.25) is 0 Å². The molecule has 0 atom stereocenters. The van der Waals surface area contributed by atoms with Crippen molar-refractivity contribution in [1.82, 2.24) is 15.8 Å². The third-order valence-electron chi connectivity index (χ3n) is 3.95. The molecule has 0 bridgehead atoms. The lowest BCUT2D eigenvalue weighted by Crippen LogP contribution is -2.39. The van der Waals surface area contributed by atoms with Gasteiger partial charge in [-0.1, -0.05) is 18.0 Å². The maximum atomic E-state index is 5.17. The summed E-state index contributed by atoms with van der Waals surface area (Å²) in [7, 11) is 0. The van der Waals surface area contributed by atoms with E-state index in [-0.39, 0.29) is 24.0 Å². The van der Waals surface area contributed by atoms with Crippen molar-refractivity contribution in [1.29, 1.82) is 0 Å². The number of aliphatic imine (C=N–C) groups is 1. The van der Waals surface area contributed by atoms with Crippen LogP contribution in [0.5, 0.6) is 0 Å². The largest absolute Gasteiger partial charge is 0.361 e. The van der Waals surface area contributed by atoms with E-state index in [4.69, 9.17) is 4.52 Å². The highest BCUT2D eigenvalue weighted by Crippen LogP contribution is 2.23. The lowest BCUT2D eigenvalue weighted by Gasteiger charge is -2.14. The van der Waals surface area contributed by atoms with Crippen LogP contribution in [-0.2, 0) is 6.54 Å². The molecule has 120 valence electrons. The fourth-order valence-electron chi connectivity index (χ4n) is 2.68. The first kappa shape index (κ1) is 18.3. The average Bonchev–Trinajstić information content (AvgIpc) is 3.05. The molecular weight excluding hydrogens is 379 g/mol. The van der Waals surface area contributed by atoms with Gasteiger partial charge >= 0.3 is 0 Å². The molecule has 2 N–H and O–H groups in total. The molecule has 0 unspecified atom stereocenters. The van der Waals surface area contributed by atoms with Crippen LogP contribution in [0.2, 0.25) is 0 Å². The number of aromatic nitrogens is 1. The predicted octanol–water partition coefficient (Wildman–Crippen LogP) is 3.15. The molecule has 5 nitrogen and oxygen atoms in total. The zero-order chi connectivity index (χ0) is 14.4. The monoisotopic (exact) mass is 406 g/mol. The van der Waals surface area contributed by atoms with E-state index in [0.29, 0.717) is 6.54 Å². The van der Waals surface area contributed by atoms with Gasteiger partial charge in [0, 0.05) is 18.7 Å². The molecule has 1 aliphatic carbocycles. The summed E-state index contributed by atoms with van der Waals surface area (Å²) in [4.78, 5) is 4.63. The maximum Gasteiger partial charge on any atom is 0.191 e. The molecule has 1 heterocycles. The number of rotatable bonds is 5. The third kappa shape index (κ3) is 5.48. The smallest absolute Gasteiger partial charge is 0.191 e. The van der Waals surface area contributed by atoms with Crippen molar-refractivity contribution in [2.45, 2.75) is 53.0 Å². The second-order valence-electron chi connectivity index (χ2n) is 5.53. The van der Waals surface area contributed by atoms with E-state index in [0.717, 1.165) is 42.0 Å². The Hall–Kier alpha value is -0.790. The Morgan fingerprint density at radius 1 is 1.29 bits per heavy atom. The Morgan fingerprint density at radius 3 is 2.57 bits per heavy atom.